The van der Waals surface area contributed by atoms with Crippen molar-refractivity contribution < 1.29 is 17.9 Å². The monoisotopic (exact) mass is 478 g/mol. The van der Waals surface area contributed by atoms with E-state index in [9.17, 15) is 23.2 Å². The number of pyridine rings is 2. The molecule has 1 fully saturated rings. The normalized spacial score (nSPS) is 15.7. The highest BCUT2D eigenvalue weighted by Crippen LogP contribution is 2.36. The Hall–Kier alpha value is -3.88. The number of benzene rings is 1. The molecule has 1 aromatic carbocycles. The second-order valence-corrected chi connectivity index (χ2v) is 10.3. The highest BCUT2D eigenvalue weighted by atomic mass is 32.2. The Morgan fingerprint density at radius 3 is 2.71 bits per heavy atom. The van der Waals surface area contributed by atoms with Gasteiger partial charge in [0.1, 0.15) is 28.5 Å². The maximum atomic E-state index is 13.9. The van der Waals surface area contributed by atoms with Crippen LogP contribution >= 0.6 is 0 Å². The van der Waals surface area contributed by atoms with Crippen LogP contribution in [0.1, 0.15) is 6.42 Å². The van der Waals surface area contributed by atoms with Gasteiger partial charge in [0, 0.05) is 42.5 Å². The molecule has 3 aromatic heterocycles. The summed E-state index contributed by atoms with van der Waals surface area (Å²) in [7, 11) is -3.37. The van der Waals surface area contributed by atoms with Crippen LogP contribution in [0.15, 0.2) is 54.9 Å². The summed E-state index contributed by atoms with van der Waals surface area (Å²) in [4.78, 5) is 9.10. The van der Waals surface area contributed by atoms with Crippen molar-refractivity contribution in [2.45, 2.75) is 12.0 Å². The summed E-state index contributed by atoms with van der Waals surface area (Å²) in [5, 5.41) is 24.6. The minimum Gasteiger partial charge on any atom is -0.508 e. The number of nitrogens with zero attached hydrogens (tertiary/aromatic N) is 6. The van der Waals surface area contributed by atoms with E-state index in [1.54, 1.807) is 35.3 Å². The molecule has 0 spiro atoms. The molecule has 0 bridgehead atoms. The third-order valence-electron chi connectivity index (χ3n) is 5.91. The van der Waals surface area contributed by atoms with E-state index < -0.39 is 21.4 Å². The van der Waals surface area contributed by atoms with E-state index in [4.69, 9.17) is 4.98 Å². The Morgan fingerprint density at radius 1 is 1.21 bits per heavy atom. The molecule has 0 radical (unpaired) electrons. The van der Waals surface area contributed by atoms with Crippen molar-refractivity contribution in [1.29, 1.82) is 5.26 Å². The molecule has 0 amide bonds. The van der Waals surface area contributed by atoms with E-state index in [1.807, 2.05) is 6.07 Å². The van der Waals surface area contributed by atoms with Gasteiger partial charge < -0.3 is 5.11 Å². The van der Waals surface area contributed by atoms with E-state index in [0.717, 1.165) is 17.7 Å². The first-order valence-corrected chi connectivity index (χ1v) is 12.2. The molecule has 1 aliphatic rings. The van der Waals surface area contributed by atoms with Crippen molar-refractivity contribution in [2.75, 3.05) is 19.3 Å². The molecule has 0 unspecified atom stereocenters. The predicted molar refractivity (Wildman–Crippen MR) is 122 cm³/mol. The largest absolute Gasteiger partial charge is 0.508 e. The van der Waals surface area contributed by atoms with E-state index >= 15 is 0 Å². The lowest BCUT2D eigenvalue weighted by atomic mass is 9.89. The molecule has 9 nitrogen and oxygen atoms in total. The molecular formula is C23H19FN6O3S. The van der Waals surface area contributed by atoms with Gasteiger partial charge in [-0.3, -0.25) is 9.67 Å². The number of aromatic nitrogens is 4. The van der Waals surface area contributed by atoms with Crippen molar-refractivity contribution in [3.8, 4) is 34.5 Å². The first-order chi connectivity index (χ1) is 16.2. The molecule has 5 rings (SSSR count). The topological polar surface area (TPSA) is 125 Å². The van der Waals surface area contributed by atoms with Gasteiger partial charge in [0.2, 0.25) is 10.0 Å². The second kappa shape index (κ2) is 7.86. The maximum absolute atomic E-state index is 13.9. The van der Waals surface area contributed by atoms with Gasteiger partial charge in [0.25, 0.3) is 0 Å². The number of nitriles is 1. The quantitative estimate of drug-likeness (QED) is 0.468. The fraction of sp³-hybridized carbons (Fsp3) is 0.217. The summed E-state index contributed by atoms with van der Waals surface area (Å²) in [6.45, 7) is 0.303. The van der Waals surface area contributed by atoms with E-state index in [2.05, 4.69) is 16.2 Å². The van der Waals surface area contributed by atoms with Crippen LogP contribution in [-0.4, -0.2) is 56.9 Å². The summed E-state index contributed by atoms with van der Waals surface area (Å²) in [6.07, 6.45) is 4.57. The summed E-state index contributed by atoms with van der Waals surface area (Å²) in [5.74, 6) is -0.815. The van der Waals surface area contributed by atoms with Crippen LogP contribution < -0.4 is 0 Å². The zero-order valence-corrected chi connectivity index (χ0v) is 18.9. The van der Waals surface area contributed by atoms with Crippen LogP contribution in [0.5, 0.6) is 5.75 Å². The molecule has 1 saturated heterocycles. The lowest BCUT2D eigenvalue weighted by molar-refractivity contribution is 0.0726. The Labute approximate surface area is 194 Å². The van der Waals surface area contributed by atoms with Gasteiger partial charge >= 0.3 is 0 Å². The van der Waals surface area contributed by atoms with Crippen molar-refractivity contribution in [3.63, 3.8) is 0 Å². The number of fused-ring (bicyclic) bond motifs is 1. The molecule has 172 valence electrons. The summed E-state index contributed by atoms with van der Waals surface area (Å²) >= 11 is 0. The standard InChI is InChI=1S/C23H19FN6O3S/c1-34(32,33)29-13-23(14-29,5-6-25)30-8-4-19(28-30)22-18-3-2-7-26-21(18)12-20(27-22)15-9-16(24)11-17(31)10-15/h2-4,7-12,31H,5,13-14H2,1H3. The Morgan fingerprint density at radius 2 is 2.00 bits per heavy atom. The van der Waals surface area contributed by atoms with Crippen molar-refractivity contribution in [2.24, 2.45) is 0 Å². The average Bonchev–Trinajstić information content (AvgIpc) is 3.24. The first-order valence-electron chi connectivity index (χ1n) is 10.3. The molecule has 0 aliphatic carbocycles. The molecule has 0 atom stereocenters. The number of rotatable bonds is 5. The van der Waals surface area contributed by atoms with E-state index in [-0.39, 0.29) is 25.3 Å². The molecule has 0 saturated carbocycles. The molecule has 4 heterocycles. The van der Waals surface area contributed by atoms with Crippen LogP contribution in [0.25, 0.3) is 33.5 Å². The maximum Gasteiger partial charge on any atom is 0.211 e. The van der Waals surface area contributed by atoms with Crippen LogP contribution in [0.3, 0.4) is 0 Å². The molecular weight excluding hydrogens is 459 g/mol. The predicted octanol–water partition coefficient (Wildman–Crippen LogP) is 2.89. The molecule has 1 N–H and O–H groups in total. The lowest BCUT2D eigenvalue weighted by Crippen LogP contribution is -2.63. The number of phenolic OH excluding ortho intramolecular Hbond substituents is 1. The fourth-order valence-electron chi connectivity index (χ4n) is 4.18. The second-order valence-electron chi connectivity index (χ2n) is 8.36. The third-order valence-corrected chi connectivity index (χ3v) is 7.11. The number of hydrogen-bond acceptors (Lipinski definition) is 7. The Kier molecular flexibility index (Phi) is 5.07. The average molecular weight is 479 g/mol. The highest BCUT2D eigenvalue weighted by Gasteiger charge is 2.49. The fourth-order valence-corrected chi connectivity index (χ4v) is 5.13. The number of phenols is 1. The van der Waals surface area contributed by atoms with E-state index in [1.165, 1.54) is 16.4 Å². The van der Waals surface area contributed by atoms with Crippen molar-refractivity contribution >= 4 is 20.9 Å². The third kappa shape index (κ3) is 3.76. The molecule has 34 heavy (non-hydrogen) atoms. The zero-order valence-electron chi connectivity index (χ0n) is 18.1. The Bertz CT molecular complexity index is 1550. The van der Waals surface area contributed by atoms with Gasteiger partial charge in [-0.1, -0.05) is 0 Å². The van der Waals surface area contributed by atoms with E-state index in [0.29, 0.717) is 28.2 Å². The van der Waals surface area contributed by atoms with Crippen LogP contribution in [-0.2, 0) is 15.6 Å². The SMILES string of the molecule is CS(=O)(=O)N1CC(CC#N)(n2ccc(-c3nc(-c4cc(O)cc(F)c4)cc4ncccc34)n2)C1. The number of halogens is 1. The minimum atomic E-state index is -3.37. The summed E-state index contributed by atoms with van der Waals surface area (Å²) < 4.78 is 40.6. The van der Waals surface area contributed by atoms with Crippen LogP contribution in [0.4, 0.5) is 4.39 Å². The van der Waals surface area contributed by atoms with Gasteiger partial charge in [-0.15, -0.1) is 0 Å². The minimum absolute atomic E-state index is 0.0957. The van der Waals surface area contributed by atoms with Gasteiger partial charge in [0.05, 0.1) is 30.0 Å². The first kappa shape index (κ1) is 21.9. The van der Waals surface area contributed by atoms with Gasteiger partial charge in [0.15, 0.2) is 0 Å². The smallest absolute Gasteiger partial charge is 0.211 e. The zero-order chi connectivity index (χ0) is 24.1. The van der Waals surface area contributed by atoms with Gasteiger partial charge in [-0.25, -0.2) is 17.8 Å². The van der Waals surface area contributed by atoms with Crippen molar-refractivity contribution in [3.05, 3.63) is 60.7 Å². The Balaban J connectivity index is 1.61. The molecule has 1 aliphatic heterocycles. The van der Waals surface area contributed by atoms with Crippen LogP contribution in [0, 0.1) is 17.1 Å². The van der Waals surface area contributed by atoms with Gasteiger partial charge in [-0.05, 0) is 36.4 Å². The summed E-state index contributed by atoms with van der Waals surface area (Å²) in [6, 6.07) is 12.9. The summed E-state index contributed by atoms with van der Waals surface area (Å²) in [5.41, 5.74) is 1.62. The van der Waals surface area contributed by atoms with Gasteiger partial charge in [-0.2, -0.15) is 14.7 Å². The van der Waals surface area contributed by atoms with Crippen molar-refractivity contribution in [1.82, 2.24) is 24.1 Å². The highest BCUT2D eigenvalue weighted by molar-refractivity contribution is 7.88. The lowest BCUT2D eigenvalue weighted by Gasteiger charge is -2.47. The number of hydrogen-bond donors (Lipinski definition) is 1. The van der Waals surface area contributed by atoms with Crippen LogP contribution in [0.2, 0.25) is 0 Å². The number of sulfonamides is 1. The number of aromatic hydroxyl groups is 1. The molecule has 11 heteroatoms. The molecule has 4 aromatic rings.